The van der Waals surface area contributed by atoms with Gasteiger partial charge in [0.15, 0.2) is 0 Å². The highest BCUT2D eigenvalue weighted by Gasteiger charge is 2.13. The topological polar surface area (TPSA) is 82.2 Å². The van der Waals surface area contributed by atoms with Crippen LogP contribution in [0.5, 0.6) is 0 Å². The minimum absolute atomic E-state index is 0. The molecule has 6 nitrogen and oxygen atoms in total. The number of halogens is 2. The average molecular weight is 361 g/mol. The van der Waals surface area contributed by atoms with E-state index in [1.807, 2.05) is 35.0 Å². The summed E-state index contributed by atoms with van der Waals surface area (Å²) in [4.78, 5) is 15.8. The minimum Gasteiger partial charge on any atom is -0.383 e. The number of imidazole rings is 1. The third kappa shape index (κ3) is 6.58. The summed E-state index contributed by atoms with van der Waals surface area (Å²) in [7, 11) is 1.52. The number of carbonyl (C=O) groups is 1. The summed E-state index contributed by atoms with van der Waals surface area (Å²) < 4.78 is 6.86. The first kappa shape index (κ1) is 21.4. The lowest BCUT2D eigenvalue weighted by molar-refractivity contribution is -0.123. The smallest absolute Gasteiger partial charge is 0.239 e. The Morgan fingerprint density at radius 3 is 2.65 bits per heavy atom. The van der Waals surface area contributed by atoms with E-state index in [9.17, 15) is 4.79 Å². The van der Waals surface area contributed by atoms with Crippen LogP contribution in [0.4, 0.5) is 0 Å². The molecule has 23 heavy (non-hydrogen) atoms. The number of carbonyl (C=O) groups excluding carboxylic acids is 1. The molecule has 0 spiro atoms. The Morgan fingerprint density at radius 1 is 1.35 bits per heavy atom. The maximum atomic E-state index is 11.8. The van der Waals surface area contributed by atoms with Gasteiger partial charge in [-0.05, 0) is 11.1 Å². The summed E-state index contributed by atoms with van der Waals surface area (Å²) in [5.41, 5.74) is 7.88. The van der Waals surface area contributed by atoms with Crippen molar-refractivity contribution in [3.05, 3.63) is 54.1 Å². The summed E-state index contributed by atoms with van der Waals surface area (Å²) >= 11 is 0. The molecule has 128 valence electrons. The molecule has 0 bridgehead atoms. The molecule has 1 aromatic heterocycles. The molecule has 0 aliphatic rings. The highest BCUT2D eigenvalue weighted by atomic mass is 35.5. The second kappa shape index (κ2) is 11.0. The molecule has 1 unspecified atom stereocenters. The SMILES string of the molecule is COCC(N)C(=O)NCc1ccccc1Cn1ccnc1.Cl.Cl. The van der Waals surface area contributed by atoms with Crippen molar-refractivity contribution >= 4 is 30.7 Å². The number of aromatic nitrogens is 2. The van der Waals surface area contributed by atoms with E-state index in [2.05, 4.69) is 10.3 Å². The van der Waals surface area contributed by atoms with Crippen molar-refractivity contribution in [2.75, 3.05) is 13.7 Å². The van der Waals surface area contributed by atoms with Gasteiger partial charge in [0.1, 0.15) is 6.04 Å². The van der Waals surface area contributed by atoms with Gasteiger partial charge in [-0.3, -0.25) is 4.79 Å². The molecule has 8 heteroatoms. The quantitative estimate of drug-likeness (QED) is 0.780. The number of benzene rings is 1. The molecular weight excluding hydrogens is 339 g/mol. The van der Waals surface area contributed by atoms with Gasteiger partial charge in [0.25, 0.3) is 0 Å². The number of nitrogens with one attached hydrogen (secondary N) is 1. The van der Waals surface area contributed by atoms with Crippen LogP contribution in [0, 0.1) is 0 Å². The average Bonchev–Trinajstić information content (AvgIpc) is 2.99. The fraction of sp³-hybridized carbons (Fsp3) is 0.333. The summed E-state index contributed by atoms with van der Waals surface area (Å²) in [6.45, 7) is 1.37. The van der Waals surface area contributed by atoms with E-state index in [4.69, 9.17) is 10.5 Å². The molecule has 0 aliphatic heterocycles. The van der Waals surface area contributed by atoms with Crippen molar-refractivity contribution in [1.29, 1.82) is 0 Å². The first-order chi connectivity index (χ1) is 10.2. The number of ether oxygens (including phenoxy) is 1. The van der Waals surface area contributed by atoms with Crippen molar-refractivity contribution < 1.29 is 9.53 Å². The molecule has 0 fully saturated rings. The van der Waals surface area contributed by atoms with Crippen molar-refractivity contribution in [3.63, 3.8) is 0 Å². The van der Waals surface area contributed by atoms with Crippen molar-refractivity contribution in [2.24, 2.45) is 5.73 Å². The first-order valence-corrected chi connectivity index (χ1v) is 6.75. The predicted octanol–water partition coefficient (Wildman–Crippen LogP) is 1.36. The van der Waals surface area contributed by atoms with Gasteiger partial charge in [-0.2, -0.15) is 0 Å². The van der Waals surface area contributed by atoms with Crippen molar-refractivity contribution in [3.8, 4) is 0 Å². The minimum atomic E-state index is -0.643. The summed E-state index contributed by atoms with van der Waals surface area (Å²) in [6, 6.07) is 7.32. The number of hydrogen-bond acceptors (Lipinski definition) is 4. The van der Waals surface area contributed by atoms with Crippen LogP contribution >= 0.6 is 24.8 Å². The Kier molecular flexibility index (Phi) is 10.2. The fourth-order valence-corrected chi connectivity index (χ4v) is 2.03. The van der Waals surface area contributed by atoms with E-state index in [0.29, 0.717) is 6.54 Å². The van der Waals surface area contributed by atoms with Gasteiger partial charge in [-0.15, -0.1) is 24.8 Å². The summed E-state index contributed by atoms with van der Waals surface area (Å²) in [5, 5.41) is 2.83. The van der Waals surface area contributed by atoms with Crippen molar-refractivity contribution in [2.45, 2.75) is 19.1 Å². The number of nitrogens with zero attached hydrogens (tertiary/aromatic N) is 2. The molecule has 1 heterocycles. The monoisotopic (exact) mass is 360 g/mol. The summed E-state index contributed by atoms with van der Waals surface area (Å²) in [6.07, 6.45) is 5.42. The lowest BCUT2D eigenvalue weighted by Gasteiger charge is -2.14. The molecule has 0 aliphatic carbocycles. The second-order valence-electron chi connectivity index (χ2n) is 4.78. The first-order valence-electron chi connectivity index (χ1n) is 6.75. The highest BCUT2D eigenvalue weighted by Crippen LogP contribution is 2.10. The third-order valence-corrected chi connectivity index (χ3v) is 3.17. The Balaban J connectivity index is 0.00000242. The van der Waals surface area contributed by atoms with Crippen LogP contribution in [0.15, 0.2) is 43.0 Å². The lowest BCUT2D eigenvalue weighted by atomic mass is 10.1. The zero-order chi connectivity index (χ0) is 15.1. The Morgan fingerprint density at radius 2 is 2.04 bits per heavy atom. The van der Waals surface area contributed by atoms with Crippen LogP contribution in [0.2, 0.25) is 0 Å². The molecule has 1 amide bonds. The van der Waals surface area contributed by atoms with Gasteiger partial charge in [-0.1, -0.05) is 24.3 Å². The number of rotatable bonds is 7. The number of hydrogen-bond donors (Lipinski definition) is 2. The van der Waals surface area contributed by atoms with Gasteiger partial charge >= 0.3 is 0 Å². The largest absolute Gasteiger partial charge is 0.383 e. The van der Waals surface area contributed by atoms with Crippen molar-refractivity contribution in [1.82, 2.24) is 14.9 Å². The van der Waals surface area contributed by atoms with E-state index in [1.165, 1.54) is 7.11 Å². The van der Waals surface area contributed by atoms with Gasteiger partial charge in [0.05, 0.1) is 12.9 Å². The van der Waals surface area contributed by atoms with E-state index in [1.54, 1.807) is 12.5 Å². The zero-order valence-corrected chi connectivity index (χ0v) is 14.5. The van der Waals surface area contributed by atoms with Crippen LogP contribution < -0.4 is 11.1 Å². The van der Waals surface area contributed by atoms with E-state index >= 15 is 0 Å². The predicted molar refractivity (Wildman–Crippen MR) is 94.0 cm³/mol. The normalized spacial score (nSPS) is 11.0. The van der Waals surface area contributed by atoms with Crippen LogP contribution in [-0.4, -0.2) is 35.2 Å². The molecule has 3 N–H and O–H groups in total. The lowest BCUT2D eigenvalue weighted by Crippen LogP contribution is -2.43. The third-order valence-electron chi connectivity index (χ3n) is 3.17. The van der Waals surface area contributed by atoms with Gasteiger partial charge in [-0.25, -0.2) is 4.98 Å². The maximum Gasteiger partial charge on any atom is 0.239 e. The number of amides is 1. The van der Waals surface area contributed by atoms with Crippen LogP contribution in [-0.2, 0) is 22.6 Å². The molecule has 1 aromatic carbocycles. The highest BCUT2D eigenvalue weighted by molar-refractivity contribution is 5.85. The van der Waals surface area contributed by atoms with Crippen LogP contribution in [0.3, 0.4) is 0 Å². The molecular formula is C15H22Cl2N4O2. The van der Waals surface area contributed by atoms with Gasteiger partial charge in [0, 0.05) is 32.6 Å². The van der Waals surface area contributed by atoms with Crippen LogP contribution in [0.25, 0.3) is 0 Å². The molecule has 1 atom stereocenters. The van der Waals surface area contributed by atoms with Gasteiger partial charge in [0.2, 0.25) is 5.91 Å². The Hall–Kier alpha value is -1.60. The molecule has 2 aromatic rings. The zero-order valence-electron chi connectivity index (χ0n) is 12.8. The summed E-state index contributed by atoms with van der Waals surface area (Å²) in [5.74, 6) is -0.214. The van der Waals surface area contributed by atoms with Gasteiger partial charge < -0.3 is 20.4 Å². The molecule has 0 saturated carbocycles. The second-order valence-corrected chi connectivity index (χ2v) is 4.78. The van der Waals surface area contributed by atoms with E-state index < -0.39 is 6.04 Å². The Labute approximate surface area is 148 Å². The molecule has 0 radical (unpaired) electrons. The fourth-order valence-electron chi connectivity index (χ4n) is 2.03. The standard InChI is InChI=1S/C15H20N4O2.2ClH/c1-21-10-14(16)15(20)18-8-12-4-2-3-5-13(12)9-19-7-6-17-11-19;;/h2-7,11,14H,8-10,16H2,1H3,(H,18,20);2*1H. The maximum absolute atomic E-state index is 11.8. The van der Waals surface area contributed by atoms with Crippen LogP contribution in [0.1, 0.15) is 11.1 Å². The molecule has 0 saturated heterocycles. The Bertz CT molecular complexity index is 579. The van der Waals surface area contributed by atoms with E-state index in [0.717, 1.165) is 17.7 Å². The van der Waals surface area contributed by atoms with E-state index in [-0.39, 0.29) is 37.3 Å². The number of methoxy groups -OCH3 is 1. The molecule has 2 rings (SSSR count). The number of nitrogens with two attached hydrogens (primary N) is 1.